The Labute approximate surface area is 187 Å². The number of hydrogen-bond donors (Lipinski definition) is 4. The maximum atomic E-state index is 13.1. The van der Waals surface area contributed by atoms with Crippen LogP contribution in [0.1, 0.15) is 56.0 Å². The van der Waals surface area contributed by atoms with Gasteiger partial charge < -0.3 is 25.5 Å². The Hall–Kier alpha value is -3.06. The molecule has 4 N–H and O–H groups in total. The lowest BCUT2D eigenvalue weighted by Gasteiger charge is -2.30. The molecule has 0 bridgehead atoms. The van der Waals surface area contributed by atoms with E-state index in [9.17, 15) is 9.90 Å². The van der Waals surface area contributed by atoms with Gasteiger partial charge >= 0.3 is 6.03 Å². The van der Waals surface area contributed by atoms with Crippen LogP contribution < -0.4 is 15.4 Å². The molecule has 1 heterocycles. The maximum Gasteiger partial charge on any atom is 0.315 e. The van der Waals surface area contributed by atoms with E-state index >= 15 is 0 Å². The first kappa shape index (κ1) is 20.8. The molecule has 0 radical (unpaired) electrons. The van der Waals surface area contributed by atoms with Crippen molar-refractivity contribution in [2.75, 3.05) is 7.11 Å². The predicted octanol–water partition coefficient (Wildman–Crippen LogP) is 3.95. The number of hydrogen-bond acceptors (Lipinski definition) is 4. The second-order valence-electron chi connectivity index (χ2n) is 9.08. The number of rotatable bonds is 6. The molecule has 5 rings (SSSR count). The quantitative estimate of drug-likeness (QED) is 0.472. The van der Waals surface area contributed by atoms with Gasteiger partial charge in [-0.15, -0.1) is 0 Å². The van der Waals surface area contributed by atoms with Crippen LogP contribution in [0.15, 0.2) is 48.5 Å². The predicted molar refractivity (Wildman–Crippen MR) is 123 cm³/mol. The number of urea groups is 1. The van der Waals surface area contributed by atoms with Gasteiger partial charge in [0, 0.05) is 11.5 Å². The number of aromatic amines is 1. The highest BCUT2D eigenvalue weighted by Crippen LogP contribution is 2.56. The lowest BCUT2D eigenvalue weighted by Crippen LogP contribution is -2.47. The molecule has 32 heavy (non-hydrogen) atoms. The minimum atomic E-state index is -0.280. The second-order valence-corrected chi connectivity index (χ2v) is 9.08. The summed E-state index contributed by atoms with van der Waals surface area (Å²) >= 11 is 0. The first-order chi connectivity index (χ1) is 15.6. The third-order valence-electron chi connectivity index (χ3n) is 6.99. The highest BCUT2D eigenvalue weighted by Gasteiger charge is 2.53. The lowest BCUT2D eigenvalue weighted by atomic mass is 9.87. The number of H-pyrrole nitrogens is 1. The van der Waals surface area contributed by atoms with Crippen LogP contribution in [-0.4, -0.2) is 40.4 Å². The van der Waals surface area contributed by atoms with E-state index in [0.29, 0.717) is 0 Å². The number of carbonyl (C=O) groups is 1. The average Bonchev–Trinajstić information content (AvgIpc) is 3.50. The fourth-order valence-corrected chi connectivity index (χ4v) is 4.96. The minimum Gasteiger partial charge on any atom is -0.497 e. The summed E-state index contributed by atoms with van der Waals surface area (Å²) in [4.78, 5) is 21.3. The van der Waals surface area contributed by atoms with Crippen LogP contribution in [0.3, 0.4) is 0 Å². The summed E-state index contributed by atoms with van der Waals surface area (Å²) in [6.45, 7) is 0. The van der Waals surface area contributed by atoms with Crippen molar-refractivity contribution in [3.63, 3.8) is 0 Å². The first-order valence-corrected chi connectivity index (χ1v) is 11.4. The van der Waals surface area contributed by atoms with Gasteiger partial charge in [-0.3, -0.25) is 0 Å². The van der Waals surface area contributed by atoms with E-state index in [4.69, 9.17) is 9.72 Å². The van der Waals surface area contributed by atoms with E-state index in [1.54, 1.807) is 7.11 Å². The number of ether oxygens (including phenoxy) is 1. The number of para-hydroxylation sites is 2. The SMILES string of the molecule is COc1ccc(C2(C(NC(=O)NC3CCC(O)CC3)c3nc4ccccc4[nH]3)CC2)cc1. The Morgan fingerprint density at radius 2 is 1.84 bits per heavy atom. The fraction of sp³-hybridized carbons (Fsp3) is 0.440. The van der Waals surface area contributed by atoms with Crippen LogP contribution in [0, 0.1) is 0 Å². The first-order valence-electron chi connectivity index (χ1n) is 11.4. The Bertz CT molecular complexity index is 1050. The summed E-state index contributed by atoms with van der Waals surface area (Å²) < 4.78 is 5.33. The molecule has 7 heteroatoms. The van der Waals surface area contributed by atoms with E-state index in [2.05, 4.69) is 27.8 Å². The molecule has 0 saturated heterocycles. The Morgan fingerprint density at radius 1 is 1.12 bits per heavy atom. The third-order valence-corrected chi connectivity index (χ3v) is 6.99. The van der Waals surface area contributed by atoms with Crippen molar-refractivity contribution >= 4 is 17.1 Å². The highest BCUT2D eigenvalue weighted by molar-refractivity contribution is 5.77. The zero-order valence-corrected chi connectivity index (χ0v) is 18.3. The van der Waals surface area contributed by atoms with E-state index < -0.39 is 0 Å². The van der Waals surface area contributed by atoms with E-state index in [1.807, 2.05) is 36.4 Å². The molecule has 2 saturated carbocycles. The van der Waals surface area contributed by atoms with E-state index in [0.717, 1.165) is 61.1 Å². The van der Waals surface area contributed by atoms with Crippen molar-refractivity contribution in [3.8, 4) is 5.75 Å². The van der Waals surface area contributed by atoms with Crippen LogP contribution in [0.25, 0.3) is 11.0 Å². The number of nitrogens with zero attached hydrogens (tertiary/aromatic N) is 1. The van der Waals surface area contributed by atoms with Gasteiger partial charge in [0.05, 0.1) is 30.3 Å². The van der Waals surface area contributed by atoms with Crippen molar-refractivity contribution in [2.45, 2.75) is 62.1 Å². The van der Waals surface area contributed by atoms with Crippen molar-refractivity contribution in [1.82, 2.24) is 20.6 Å². The number of methoxy groups -OCH3 is 1. The monoisotopic (exact) mass is 434 g/mol. The molecule has 3 aromatic rings. The summed E-state index contributed by atoms with van der Waals surface area (Å²) in [5.74, 6) is 1.59. The zero-order valence-electron chi connectivity index (χ0n) is 18.3. The van der Waals surface area contributed by atoms with Crippen molar-refractivity contribution in [3.05, 3.63) is 59.9 Å². The maximum absolute atomic E-state index is 13.1. The van der Waals surface area contributed by atoms with Crippen LogP contribution in [0.2, 0.25) is 0 Å². The van der Waals surface area contributed by atoms with Gasteiger partial charge in [-0.1, -0.05) is 24.3 Å². The Morgan fingerprint density at radius 3 is 2.50 bits per heavy atom. The number of aliphatic hydroxyl groups is 1. The number of amides is 2. The number of carbonyl (C=O) groups excluding carboxylic acids is 1. The number of aliphatic hydroxyl groups excluding tert-OH is 1. The molecule has 2 amide bonds. The van der Waals surface area contributed by atoms with Gasteiger partial charge in [0.25, 0.3) is 0 Å². The molecule has 1 unspecified atom stereocenters. The average molecular weight is 435 g/mol. The number of nitrogens with one attached hydrogen (secondary N) is 3. The largest absolute Gasteiger partial charge is 0.497 e. The molecule has 2 aromatic carbocycles. The molecular weight excluding hydrogens is 404 g/mol. The fourth-order valence-electron chi connectivity index (χ4n) is 4.96. The lowest BCUT2D eigenvalue weighted by molar-refractivity contribution is 0.117. The number of imidazole rings is 1. The van der Waals surface area contributed by atoms with Crippen molar-refractivity contribution in [1.29, 1.82) is 0 Å². The smallest absolute Gasteiger partial charge is 0.315 e. The molecule has 7 nitrogen and oxygen atoms in total. The number of fused-ring (bicyclic) bond motifs is 1. The normalized spacial score (nSPS) is 22.8. The molecular formula is C25H30N4O3. The summed E-state index contributed by atoms with van der Waals surface area (Å²) in [5, 5.41) is 16.1. The van der Waals surface area contributed by atoms with Crippen LogP contribution in [-0.2, 0) is 5.41 Å². The molecule has 2 aliphatic rings. The van der Waals surface area contributed by atoms with Gasteiger partial charge in [0.2, 0.25) is 0 Å². The molecule has 1 atom stereocenters. The zero-order chi connectivity index (χ0) is 22.1. The third kappa shape index (κ3) is 4.05. The van der Waals surface area contributed by atoms with Gasteiger partial charge in [-0.05, 0) is 68.4 Å². The molecule has 2 aliphatic carbocycles. The van der Waals surface area contributed by atoms with Crippen LogP contribution in [0.4, 0.5) is 4.79 Å². The number of benzene rings is 2. The summed E-state index contributed by atoms with van der Waals surface area (Å²) in [6, 6.07) is 15.7. The van der Waals surface area contributed by atoms with Crippen LogP contribution >= 0.6 is 0 Å². The minimum absolute atomic E-state index is 0.0888. The molecule has 2 fully saturated rings. The van der Waals surface area contributed by atoms with E-state index in [-0.39, 0.29) is 29.6 Å². The second kappa shape index (κ2) is 8.47. The van der Waals surface area contributed by atoms with Gasteiger partial charge in [-0.25, -0.2) is 9.78 Å². The van der Waals surface area contributed by atoms with Crippen molar-refractivity contribution in [2.24, 2.45) is 0 Å². The van der Waals surface area contributed by atoms with Gasteiger partial charge in [-0.2, -0.15) is 0 Å². The Balaban J connectivity index is 1.43. The standard InChI is InChI=1S/C25H30N4O3/c1-32-19-12-6-16(7-13-19)25(14-15-25)22(23-27-20-4-2-3-5-21(20)28-23)29-24(31)26-17-8-10-18(30)11-9-17/h2-7,12-13,17-18,22,30H,8-11,14-15H2,1H3,(H,27,28)(H2,26,29,31). The van der Waals surface area contributed by atoms with E-state index in [1.165, 1.54) is 5.56 Å². The summed E-state index contributed by atoms with van der Waals surface area (Å²) in [7, 11) is 1.66. The summed E-state index contributed by atoms with van der Waals surface area (Å²) in [5.41, 5.74) is 2.81. The molecule has 1 aromatic heterocycles. The topological polar surface area (TPSA) is 99.3 Å². The molecule has 168 valence electrons. The van der Waals surface area contributed by atoms with Gasteiger partial charge in [0.1, 0.15) is 11.6 Å². The van der Waals surface area contributed by atoms with Crippen LogP contribution in [0.5, 0.6) is 5.75 Å². The highest BCUT2D eigenvalue weighted by atomic mass is 16.5. The summed E-state index contributed by atoms with van der Waals surface area (Å²) in [6.07, 6.45) is 4.75. The van der Waals surface area contributed by atoms with Gasteiger partial charge in [0.15, 0.2) is 0 Å². The number of aromatic nitrogens is 2. The van der Waals surface area contributed by atoms with Crippen molar-refractivity contribution < 1.29 is 14.6 Å². The molecule has 0 aliphatic heterocycles. The Kier molecular flexibility index (Phi) is 5.51. The molecule has 0 spiro atoms.